The van der Waals surface area contributed by atoms with E-state index in [1.807, 2.05) is 30.3 Å². The molecule has 24 heavy (non-hydrogen) atoms. The lowest BCUT2D eigenvalue weighted by molar-refractivity contribution is -0.141. The molecular formula is C18H19NO4S. The Morgan fingerprint density at radius 3 is 2.29 bits per heavy atom. The lowest BCUT2D eigenvalue weighted by atomic mass is 10.1. The van der Waals surface area contributed by atoms with Crippen LogP contribution in [0.25, 0.3) is 0 Å². The Morgan fingerprint density at radius 1 is 1.04 bits per heavy atom. The molecule has 0 aromatic heterocycles. The summed E-state index contributed by atoms with van der Waals surface area (Å²) in [6.45, 7) is 0.468. The molecule has 0 heterocycles. The van der Waals surface area contributed by atoms with E-state index in [1.54, 1.807) is 24.3 Å². The first-order valence-corrected chi connectivity index (χ1v) is 8.10. The van der Waals surface area contributed by atoms with Crippen LogP contribution in [0.15, 0.2) is 54.6 Å². The number of carbonyl (C=O) groups excluding carboxylic acids is 1. The molecule has 0 aliphatic heterocycles. The van der Waals surface area contributed by atoms with E-state index in [0.717, 1.165) is 11.1 Å². The summed E-state index contributed by atoms with van der Waals surface area (Å²) in [7, 11) is 0. The van der Waals surface area contributed by atoms with Crippen molar-refractivity contribution in [1.29, 1.82) is 0 Å². The fourth-order valence-corrected chi connectivity index (χ4v) is 2.23. The summed E-state index contributed by atoms with van der Waals surface area (Å²) >= 11 is 3.83. The monoisotopic (exact) mass is 345 g/mol. The second-order valence-electron chi connectivity index (χ2n) is 5.24. The zero-order valence-electron chi connectivity index (χ0n) is 13.0. The van der Waals surface area contributed by atoms with E-state index >= 15 is 0 Å². The van der Waals surface area contributed by atoms with E-state index in [4.69, 9.17) is 4.74 Å². The van der Waals surface area contributed by atoms with Crippen molar-refractivity contribution >= 4 is 24.5 Å². The first-order chi connectivity index (χ1) is 11.6. The lowest BCUT2D eigenvalue weighted by Gasteiger charge is -2.14. The van der Waals surface area contributed by atoms with Crippen molar-refractivity contribution in [3.8, 4) is 5.75 Å². The van der Waals surface area contributed by atoms with Crippen molar-refractivity contribution in [2.75, 3.05) is 5.75 Å². The summed E-state index contributed by atoms with van der Waals surface area (Å²) in [5, 5.41) is 11.6. The number of aliphatic carboxylic acids is 1. The number of ether oxygens (including phenoxy) is 1. The summed E-state index contributed by atoms with van der Waals surface area (Å²) < 4.78 is 5.69. The predicted octanol–water partition coefficient (Wildman–Crippen LogP) is 2.31. The Bertz CT molecular complexity index is 673. The molecular weight excluding hydrogens is 326 g/mol. The smallest absolute Gasteiger partial charge is 0.326 e. The SMILES string of the molecule is O=C(CS)N[C@@H](Cc1ccc(OCc2ccccc2)cc1)C(=O)O. The van der Waals surface area contributed by atoms with Gasteiger partial charge >= 0.3 is 5.97 Å². The van der Waals surface area contributed by atoms with Gasteiger partial charge in [0.1, 0.15) is 18.4 Å². The number of thiol groups is 1. The first-order valence-electron chi connectivity index (χ1n) is 7.47. The van der Waals surface area contributed by atoms with Crippen LogP contribution in [-0.2, 0) is 22.6 Å². The lowest BCUT2D eigenvalue weighted by Crippen LogP contribution is -2.42. The van der Waals surface area contributed by atoms with E-state index in [2.05, 4.69) is 17.9 Å². The maximum absolute atomic E-state index is 11.3. The zero-order chi connectivity index (χ0) is 17.4. The molecule has 0 radical (unpaired) electrons. The van der Waals surface area contributed by atoms with Crippen LogP contribution in [0, 0.1) is 0 Å². The molecule has 2 N–H and O–H groups in total. The van der Waals surface area contributed by atoms with Gasteiger partial charge in [0.15, 0.2) is 0 Å². The number of carboxylic acids is 1. The highest BCUT2D eigenvalue weighted by Crippen LogP contribution is 2.15. The number of hydrogen-bond donors (Lipinski definition) is 3. The van der Waals surface area contributed by atoms with Gasteiger partial charge in [0.2, 0.25) is 5.91 Å². The van der Waals surface area contributed by atoms with Gasteiger partial charge in [-0.15, -0.1) is 0 Å². The van der Waals surface area contributed by atoms with Crippen LogP contribution in [0.3, 0.4) is 0 Å². The second kappa shape index (κ2) is 8.98. The summed E-state index contributed by atoms with van der Waals surface area (Å²) in [5.74, 6) is -0.826. The van der Waals surface area contributed by atoms with E-state index in [0.29, 0.717) is 12.4 Å². The van der Waals surface area contributed by atoms with Crippen molar-refractivity contribution < 1.29 is 19.4 Å². The summed E-state index contributed by atoms with van der Waals surface area (Å²) in [5.41, 5.74) is 1.87. The van der Waals surface area contributed by atoms with Crippen LogP contribution in [0.1, 0.15) is 11.1 Å². The van der Waals surface area contributed by atoms with Crippen LogP contribution in [0.4, 0.5) is 0 Å². The number of hydrogen-bond acceptors (Lipinski definition) is 4. The van der Waals surface area contributed by atoms with Crippen molar-refractivity contribution in [2.24, 2.45) is 0 Å². The Labute approximate surface area is 146 Å². The highest BCUT2D eigenvalue weighted by molar-refractivity contribution is 7.81. The van der Waals surface area contributed by atoms with Crippen molar-refractivity contribution in [2.45, 2.75) is 19.1 Å². The third-order valence-electron chi connectivity index (χ3n) is 3.39. The van der Waals surface area contributed by atoms with Crippen molar-refractivity contribution in [1.82, 2.24) is 5.32 Å². The molecule has 2 aromatic rings. The molecule has 1 atom stereocenters. The average molecular weight is 345 g/mol. The van der Waals surface area contributed by atoms with Crippen LogP contribution >= 0.6 is 12.6 Å². The molecule has 0 unspecified atom stereocenters. The summed E-state index contributed by atoms with van der Waals surface area (Å²) in [4.78, 5) is 22.5. The zero-order valence-corrected chi connectivity index (χ0v) is 13.9. The normalized spacial score (nSPS) is 11.5. The van der Waals surface area contributed by atoms with E-state index in [9.17, 15) is 14.7 Å². The number of amides is 1. The first kappa shape index (κ1) is 17.9. The molecule has 0 aliphatic carbocycles. The van der Waals surface area contributed by atoms with E-state index in [1.165, 1.54) is 0 Å². The minimum Gasteiger partial charge on any atom is -0.489 e. The molecule has 2 aromatic carbocycles. The van der Waals surface area contributed by atoms with Crippen molar-refractivity contribution in [3.05, 3.63) is 65.7 Å². The number of carboxylic acid groups (broad SMARTS) is 1. The van der Waals surface area contributed by atoms with Crippen LogP contribution in [0.5, 0.6) is 5.75 Å². The highest BCUT2D eigenvalue weighted by atomic mass is 32.1. The van der Waals surface area contributed by atoms with Gasteiger partial charge in [0.25, 0.3) is 0 Å². The molecule has 0 spiro atoms. The fourth-order valence-electron chi connectivity index (χ4n) is 2.14. The maximum Gasteiger partial charge on any atom is 0.326 e. The van der Waals surface area contributed by atoms with E-state index < -0.39 is 17.9 Å². The van der Waals surface area contributed by atoms with Gasteiger partial charge in [-0.05, 0) is 23.3 Å². The fraction of sp³-hybridized carbons (Fsp3) is 0.222. The quantitative estimate of drug-likeness (QED) is 0.642. The van der Waals surface area contributed by atoms with E-state index in [-0.39, 0.29) is 12.2 Å². The minimum absolute atomic E-state index is 0.0456. The Kier molecular flexibility index (Phi) is 6.69. The largest absolute Gasteiger partial charge is 0.489 e. The predicted molar refractivity (Wildman–Crippen MR) is 94.3 cm³/mol. The second-order valence-corrected chi connectivity index (χ2v) is 5.56. The third-order valence-corrected chi connectivity index (χ3v) is 3.68. The standard InChI is InChI=1S/C18H19NO4S/c20-17(12-24)19-16(18(21)22)10-13-6-8-15(9-7-13)23-11-14-4-2-1-3-5-14/h1-9,16,24H,10-12H2,(H,19,20)(H,21,22)/t16-/m0/s1. The van der Waals surface area contributed by atoms with Crippen LogP contribution in [-0.4, -0.2) is 28.8 Å². The van der Waals surface area contributed by atoms with Gasteiger partial charge in [-0.3, -0.25) is 4.79 Å². The molecule has 0 aliphatic rings. The summed E-state index contributed by atoms with van der Waals surface area (Å²) in [6, 6.07) is 16.0. The Morgan fingerprint density at radius 2 is 1.71 bits per heavy atom. The molecule has 0 saturated carbocycles. The topological polar surface area (TPSA) is 75.6 Å². The maximum atomic E-state index is 11.3. The van der Waals surface area contributed by atoms with Gasteiger partial charge < -0.3 is 15.2 Å². The molecule has 0 bridgehead atoms. The number of rotatable bonds is 8. The number of benzene rings is 2. The molecule has 0 saturated heterocycles. The Balaban J connectivity index is 1.92. The molecule has 6 heteroatoms. The van der Waals surface area contributed by atoms with Crippen LogP contribution in [0.2, 0.25) is 0 Å². The molecule has 1 amide bonds. The van der Waals surface area contributed by atoms with Crippen LogP contribution < -0.4 is 10.1 Å². The van der Waals surface area contributed by atoms with Gasteiger partial charge in [0, 0.05) is 6.42 Å². The van der Waals surface area contributed by atoms with Gasteiger partial charge in [-0.2, -0.15) is 12.6 Å². The molecule has 5 nitrogen and oxygen atoms in total. The van der Waals surface area contributed by atoms with Gasteiger partial charge in [0.05, 0.1) is 5.75 Å². The highest BCUT2D eigenvalue weighted by Gasteiger charge is 2.19. The molecule has 2 rings (SSSR count). The molecule has 126 valence electrons. The number of carbonyl (C=O) groups is 2. The number of nitrogens with one attached hydrogen (secondary N) is 1. The average Bonchev–Trinajstić information content (AvgIpc) is 2.61. The van der Waals surface area contributed by atoms with Gasteiger partial charge in [-0.1, -0.05) is 42.5 Å². The third kappa shape index (κ3) is 5.62. The summed E-state index contributed by atoms with van der Waals surface area (Å²) in [6.07, 6.45) is 0.202. The minimum atomic E-state index is -1.07. The molecule has 0 fully saturated rings. The van der Waals surface area contributed by atoms with Gasteiger partial charge in [-0.25, -0.2) is 4.79 Å². The Hall–Kier alpha value is -2.47. The van der Waals surface area contributed by atoms with Crippen molar-refractivity contribution in [3.63, 3.8) is 0 Å².